The molecule has 1 fully saturated rings. The van der Waals surface area contributed by atoms with Crippen molar-refractivity contribution >= 4 is 11.6 Å². The van der Waals surface area contributed by atoms with Crippen LogP contribution in [0.25, 0.3) is 0 Å². The second-order valence-corrected chi connectivity index (χ2v) is 5.55. The van der Waals surface area contributed by atoms with Crippen molar-refractivity contribution in [1.29, 1.82) is 0 Å². The Morgan fingerprint density at radius 1 is 1.39 bits per heavy atom. The van der Waals surface area contributed by atoms with Gasteiger partial charge in [0.2, 0.25) is 0 Å². The zero-order valence-electron chi connectivity index (χ0n) is 11.9. The molecule has 4 heteroatoms. The predicted molar refractivity (Wildman–Crippen MR) is 76.3 cm³/mol. The van der Waals surface area contributed by atoms with E-state index in [1.807, 2.05) is 13.1 Å². The van der Waals surface area contributed by atoms with E-state index in [4.69, 9.17) is 0 Å². The second-order valence-electron chi connectivity index (χ2n) is 5.55. The smallest absolute Gasteiger partial charge is 0.135 e. The van der Waals surface area contributed by atoms with Gasteiger partial charge < -0.3 is 10.2 Å². The zero-order chi connectivity index (χ0) is 13.1. The van der Waals surface area contributed by atoms with E-state index in [-0.39, 0.29) is 0 Å². The van der Waals surface area contributed by atoms with E-state index < -0.39 is 0 Å². The summed E-state index contributed by atoms with van der Waals surface area (Å²) in [6.45, 7) is 5.37. The second kappa shape index (κ2) is 5.55. The highest BCUT2D eigenvalue weighted by atomic mass is 15.2. The maximum Gasteiger partial charge on any atom is 0.135 e. The summed E-state index contributed by atoms with van der Waals surface area (Å²) in [5, 5.41) is 3.12. The number of hydrogen-bond donors (Lipinski definition) is 1. The van der Waals surface area contributed by atoms with Gasteiger partial charge in [0.05, 0.1) is 0 Å². The first kappa shape index (κ1) is 13.1. The van der Waals surface area contributed by atoms with Crippen LogP contribution in [0.4, 0.5) is 11.6 Å². The van der Waals surface area contributed by atoms with Gasteiger partial charge >= 0.3 is 0 Å². The molecule has 0 saturated heterocycles. The molecule has 1 aromatic heterocycles. The van der Waals surface area contributed by atoms with Crippen LogP contribution in [-0.2, 0) is 0 Å². The molecule has 4 nitrogen and oxygen atoms in total. The third-order valence-corrected chi connectivity index (χ3v) is 3.65. The van der Waals surface area contributed by atoms with Crippen LogP contribution in [0.1, 0.15) is 44.9 Å². The predicted octanol–water partition coefficient (Wildman–Crippen LogP) is 2.88. The van der Waals surface area contributed by atoms with Gasteiger partial charge in [-0.3, -0.25) is 0 Å². The zero-order valence-corrected chi connectivity index (χ0v) is 11.9. The molecule has 1 aromatic rings. The van der Waals surface area contributed by atoms with Crippen molar-refractivity contribution < 1.29 is 0 Å². The van der Waals surface area contributed by atoms with Gasteiger partial charge in [-0.05, 0) is 18.8 Å². The van der Waals surface area contributed by atoms with E-state index in [9.17, 15) is 0 Å². The van der Waals surface area contributed by atoms with Gasteiger partial charge in [-0.1, -0.05) is 20.3 Å². The first-order valence-corrected chi connectivity index (χ1v) is 6.88. The van der Waals surface area contributed by atoms with Crippen LogP contribution >= 0.6 is 0 Å². The summed E-state index contributed by atoms with van der Waals surface area (Å²) < 4.78 is 0. The largest absolute Gasteiger partial charge is 0.373 e. The van der Waals surface area contributed by atoms with Crippen molar-refractivity contribution in [2.45, 2.75) is 39.0 Å². The summed E-state index contributed by atoms with van der Waals surface area (Å²) >= 11 is 0. The molecule has 0 aliphatic heterocycles. The molecule has 18 heavy (non-hydrogen) atoms. The molecule has 0 bridgehead atoms. The van der Waals surface area contributed by atoms with Crippen LogP contribution < -0.4 is 10.2 Å². The first-order valence-electron chi connectivity index (χ1n) is 6.88. The quantitative estimate of drug-likeness (QED) is 0.870. The van der Waals surface area contributed by atoms with Crippen molar-refractivity contribution in [3.63, 3.8) is 0 Å². The fourth-order valence-electron chi connectivity index (χ4n) is 2.19. The van der Waals surface area contributed by atoms with Crippen molar-refractivity contribution in [2.24, 2.45) is 5.92 Å². The van der Waals surface area contributed by atoms with Crippen LogP contribution in [0.3, 0.4) is 0 Å². The summed E-state index contributed by atoms with van der Waals surface area (Å²) in [5.74, 6) is 4.06. The Morgan fingerprint density at radius 3 is 2.61 bits per heavy atom. The maximum atomic E-state index is 4.67. The van der Waals surface area contributed by atoms with Crippen molar-refractivity contribution in [2.75, 3.05) is 30.9 Å². The molecule has 0 unspecified atom stereocenters. The molecular formula is C14H24N4. The standard InChI is InChI=1S/C14H24N4/c1-10(2)14-16-12(15-3)8-13(17-14)18(4)9-11-6-5-7-11/h8,10-11H,5-7,9H2,1-4H3,(H,15,16,17). The monoisotopic (exact) mass is 248 g/mol. The van der Waals surface area contributed by atoms with E-state index in [2.05, 4.69) is 41.1 Å². The lowest BCUT2D eigenvalue weighted by Crippen LogP contribution is -2.30. The van der Waals surface area contributed by atoms with Crippen LogP contribution in [0.15, 0.2) is 6.07 Å². The molecule has 0 amide bonds. The van der Waals surface area contributed by atoms with Crippen LogP contribution in [-0.4, -0.2) is 30.6 Å². The molecule has 0 radical (unpaired) electrons. The molecule has 1 aliphatic carbocycles. The molecule has 0 aromatic carbocycles. The molecule has 1 aliphatic rings. The Bertz CT molecular complexity index is 399. The van der Waals surface area contributed by atoms with Gasteiger partial charge in [0.1, 0.15) is 17.5 Å². The van der Waals surface area contributed by atoms with Crippen molar-refractivity contribution in [3.8, 4) is 0 Å². The summed E-state index contributed by atoms with van der Waals surface area (Å²) in [4.78, 5) is 11.4. The number of nitrogens with zero attached hydrogens (tertiary/aromatic N) is 3. The third kappa shape index (κ3) is 2.92. The minimum absolute atomic E-state index is 0.356. The Balaban J connectivity index is 2.16. The lowest BCUT2D eigenvalue weighted by molar-refractivity contribution is 0.321. The highest BCUT2D eigenvalue weighted by Crippen LogP contribution is 2.28. The number of anilines is 2. The van der Waals surface area contributed by atoms with E-state index in [1.54, 1.807) is 0 Å². The van der Waals surface area contributed by atoms with Crippen LogP contribution in [0, 0.1) is 5.92 Å². The topological polar surface area (TPSA) is 41.0 Å². The van der Waals surface area contributed by atoms with Gasteiger partial charge in [0, 0.05) is 32.6 Å². The highest BCUT2D eigenvalue weighted by molar-refractivity contribution is 5.49. The van der Waals surface area contributed by atoms with Crippen LogP contribution in [0.2, 0.25) is 0 Å². The summed E-state index contributed by atoms with van der Waals surface area (Å²) in [5.41, 5.74) is 0. The molecule has 0 spiro atoms. The van der Waals surface area contributed by atoms with E-state index >= 15 is 0 Å². The van der Waals surface area contributed by atoms with E-state index in [0.29, 0.717) is 5.92 Å². The number of nitrogens with one attached hydrogen (secondary N) is 1. The molecule has 0 atom stereocenters. The highest BCUT2D eigenvalue weighted by Gasteiger charge is 2.20. The van der Waals surface area contributed by atoms with Crippen molar-refractivity contribution in [1.82, 2.24) is 9.97 Å². The normalized spacial score (nSPS) is 15.6. The molecule has 1 saturated carbocycles. The third-order valence-electron chi connectivity index (χ3n) is 3.65. The maximum absolute atomic E-state index is 4.67. The summed E-state index contributed by atoms with van der Waals surface area (Å²) in [6, 6.07) is 2.03. The summed E-state index contributed by atoms with van der Waals surface area (Å²) in [6.07, 6.45) is 4.12. The molecule has 100 valence electrons. The number of rotatable bonds is 5. The van der Waals surface area contributed by atoms with Gasteiger partial charge in [-0.25, -0.2) is 9.97 Å². The van der Waals surface area contributed by atoms with Gasteiger partial charge in [-0.2, -0.15) is 0 Å². The Labute approximate surface area is 110 Å². The minimum atomic E-state index is 0.356. The van der Waals surface area contributed by atoms with Gasteiger partial charge in [-0.15, -0.1) is 0 Å². The average Bonchev–Trinajstić information content (AvgIpc) is 2.32. The summed E-state index contributed by atoms with van der Waals surface area (Å²) in [7, 11) is 4.03. The van der Waals surface area contributed by atoms with Crippen molar-refractivity contribution in [3.05, 3.63) is 11.9 Å². The van der Waals surface area contributed by atoms with Crippen LogP contribution in [0.5, 0.6) is 0 Å². The lowest BCUT2D eigenvalue weighted by atomic mass is 9.85. The fourth-order valence-corrected chi connectivity index (χ4v) is 2.19. The first-order chi connectivity index (χ1) is 8.60. The SMILES string of the molecule is CNc1cc(N(C)CC2CCC2)nc(C(C)C)n1. The van der Waals surface area contributed by atoms with E-state index in [0.717, 1.165) is 29.9 Å². The number of aromatic nitrogens is 2. The molecule has 1 N–H and O–H groups in total. The Kier molecular flexibility index (Phi) is 4.04. The molecule has 2 rings (SSSR count). The fraction of sp³-hybridized carbons (Fsp3) is 0.714. The Hall–Kier alpha value is -1.32. The minimum Gasteiger partial charge on any atom is -0.373 e. The van der Waals surface area contributed by atoms with Gasteiger partial charge in [0.25, 0.3) is 0 Å². The van der Waals surface area contributed by atoms with E-state index in [1.165, 1.54) is 19.3 Å². The molecule has 1 heterocycles. The average molecular weight is 248 g/mol. The molecular weight excluding hydrogens is 224 g/mol. The lowest BCUT2D eigenvalue weighted by Gasteiger charge is -2.31. The Morgan fingerprint density at radius 2 is 2.11 bits per heavy atom. The van der Waals surface area contributed by atoms with Gasteiger partial charge in [0.15, 0.2) is 0 Å². The number of hydrogen-bond acceptors (Lipinski definition) is 4.